The number of benzene rings is 3. The summed E-state index contributed by atoms with van der Waals surface area (Å²) in [7, 11) is -1.46. The normalized spacial score (nSPS) is 12.1. The van der Waals surface area contributed by atoms with Gasteiger partial charge in [0.25, 0.3) is 0 Å². The van der Waals surface area contributed by atoms with Gasteiger partial charge in [0, 0.05) is 16.3 Å². The lowest BCUT2D eigenvalue weighted by molar-refractivity contribution is 1.10. The molecule has 0 bridgehead atoms. The van der Waals surface area contributed by atoms with Gasteiger partial charge in [0.1, 0.15) is 5.82 Å². The fourth-order valence-corrected chi connectivity index (χ4v) is 7.04. The molecule has 0 atom stereocenters. The van der Waals surface area contributed by atoms with Crippen molar-refractivity contribution < 1.29 is 0 Å². The van der Waals surface area contributed by atoms with Gasteiger partial charge in [0.2, 0.25) is 0 Å². The fraction of sp³-hybridized carbons (Fsp3) is 0.250. The number of rotatable bonds is 2. The maximum absolute atomic E-state index is 4.91. The third-order valence-corrected chi connectivity index (χ3v) is 7.60. The molecule has 0 amide bonds. The minimum Gasteiger partial charge on any atom is -0.233 e. The quantitative estimate of drug-likeness (QED) is 0.323. The second kappa shape index (κ2) is 6.27. The molecule has 0 saturated heterocycles. The topological polar surface area (TPSA) is 25.8 Å². The van der Waals surface area contributed by atoms with Crippen LogP contribution in [0, 0.1) is 20.8 Å². The molecule has 4 aromatic rings. The van der Waals surface area contributed by atoms with Crippen LogP contribution in [0.15, 0.2) is 48.5 Å². The molecule has 3 heteroatoms. The molecule has 1 aromatic heterocycles. The van der Waals surface area contributed by atoms with Crippen LogP contribution >= 0.6 is 0 Å². The van der Waals surface area contributed by atoms with Crippen LogP contribution in [0.1, 0.15) is 17.0 Å². The zero-order chi connectivity index (χ0) is 19.3. The lowest BCUT2D eigenvalue weighted by Crippen LogP contribution is -2.41. The number of aromatic nitrogens is 2. The summed E-state index contributed by atoms with van der Waals surface area (Å²) >= 11 is 0. The van der Waals surface area contributed by atoms with Gasteiger partial charge in [-0.3, -0.25) is 0 Å². The molecule has 0 radical (unpaired) electrons. The molecule has 0 aliphatic heterocycles. The summed E-state index contributed by atoms with van der Waals surface area (Å²) in [6.45, 7) is 13.8. The second-order valence-electron chi connectivity index (χ2n) is 8.49. The first kappa shape index (κ1) is 17.9. The lowest BCUT2D eigenvalue weighted by atomic mass is 9.97. The molecule has 0 spiro atoms. The van der Waals surface area contributed by atoms with Crippen molar-refractivity contribution in [3.8, 4) is 11.3 Å². The Hall–Kier alpha value is -2.52. The number of aryl methyl sites for hydroxylation is 3. The van der Waals surface area contributed by atoms with Crippen LogP contribution in [0.25, 0.3) is 32.9 Å². The van der Waals surface area contributed by atoms with E-state index in [1.165, 1.54) is 21.9 Å². The van der Waals surface area contributed by atoms with Gasteiger partial charge in [0.15, 0.2) is 0 Å². The highest BCUT2D eigenvalue weighted by molar-refractivity contribution is 6.89. The van der Waals surface area contributed by atoms with Crippen molar-refractivity contribution >= 4 is 34.9 Å². The van der Waals surface area contributed by atoms with E-state index in [1.807, 2.05) is 13.0 Å². The summed E-state index contributed by atoms with van der Waals surface area (Å²) in [5.74, 6) is 0.823. The molecule has 0 aliphatic carbocycles. The Balaban J connectivity index is 2.18. The van der Waals surface area contributed by atoms with Crippen LogP contribution in [0.4, 0.5) is 0 Å². The van der Waals surface area contributed by atoms with Gasteiger partial charge in [-0.05, 0) is 37.8 Å². The zero-order valence-electron chi connectivity index (χ0n) is 17.0. The molecular formula is C24H26N2Si. The zero-order valence-corrected chi connectivity index (χ0v) is 18.0. The minimum absolute atomic E-state index is 0.823. The molecule has 1 heterocycles. The monoisotopic (exact) mass is 370 g/mol. The van der Waals surface area contributed by atoms with Gasteiger partial charge in [-0.2, -0.15) is 0 Å². The average molecular weight is 371 g/mol. The first-order chi connectivity index (χ1) is 12.8. The van der Waals surface area contributed by atoms with E-state index >= 15 is 0 Å². The molecule has 27 heavy (non-hydrogen) atoms. The first-order valence-electron chi connectivity index (χ1n) is 9.54. The molecule has 2 nitrogen and oxygen atoms in total. The standard InChI is InChI=1S/C24H26N2Si/c1-15-14-19-12-13-20-22(18-10-8-7-9-11-18)25-17(3)26-23(20)21(19)16(2)24(15)27(4,5)6/h7-14H,1-6H3. The smallest absolute Gasteiger partial charge is 0.126 e. The van der Waals surface area contributed by atoms with Crippen molar-refractivity contribution in [2.24, 2.45) is 0 Å². The number of hydrogen-bond donors (Lipinski definition) is 0. The van der Waals surface area contributed by atoms with Gasteiger partial charge in [-0.1, -0.05) is 72.9 Å². The predicted molar refractivity (Wildman–Crippen MR) is 120 cm³/mol. The van der Waals surface area contributed by atoms with Gasteiger partial charge in [-0.15, -0.1) is 0 Å². The molecule has 0 N–H and O–H groups in total. The third kappa shape index (κ3) is 2.96. The number of nitrogens with zero attached hydrogens (tertiary/aromatic N) is 2. The molecule has 136 valence electrons. The molecule has 0 fully saturated rings. The predicted octanol–water partition coefficient (Wildman–Crippen LogP) is 5.92. The van der Waals surface area contributed by atoms with Crippen LogP contribution in [0.2, 0.25) is 19.6 Å². The van der Waals surface area contributed by atoms with Crippen molar-refractivity contribution in [2.75, 3.05) is 0 Å². The summed E-state index contributed by atoms with van der Waals surface area (Å²) < 4.78 is 0. The van der Waals surface area contributed by atoms with Crippen molar-refractivity contribution in [1.82, 2.24) is 9.97 Å². The van der Waals surface area contributed by atoms with E-state index in [-0.39, 0.29) is 0 Å². The first-order valence-corrected chi connectivity index (χ1v) is 13.0. The Morgan fingerprint density at radius 1 is 0.815 bits per heavy atom. The van der Waals surface area contributed by atoms with E-state index in [0.717, 1.165) is 28.0 Å². The Morgan fingerprint density at radius 2 is 1.52 bits per heavy atom. The summed E-state index contributed by atoms with van der Waals surface area (Å²) in [6.07, 6.45) is 0. The summed E-state index contributed by atoms with van der Waals surface area (Å²) in [5.41, 5.74) is 6.05. The maximum atomic E-state index is 4.91. The number of hydrogen-bond acceptors (Lipinski definition) is 2. The van der Waals surface area contributed by atoms with Gasteiger partial charge in [0.05, 0.1) is 19.3 Å². The lowest BCUT2D eigenvalue weighted by Gasteiger charge is -2.24. The summed E-state index contributed by atoms with van der Waals surface area (Å²) in [6, 6.07) is 17.2. The van der Waals surface area contributed by atoms with Crippen LogP contribution in [0.5, 0.6) is 0 Å². The molecule has 3 aromatic carbocycles. The number of fused-ring (bicyclic) bond motifs is 3. The second-order valence-corrected chi connectivity index (χ2v) is 13.5. The largest absolute Gasteiger partial charge is 0.233 e. The van der Waals surface area contributed by atoms with E-state index in [4.69, 9.17) is 9.97 Å². The van der Waals surface area contributed by atoms with Crippen LogP contribution < -0.4 is 5.19 Å². The molecule has 0 unspecified atom stereocenters. The van der Waals surface area contributed by atoms with Gasteiger partial charge < -0.3 is 0 Å². The highest BCUT2D eigenvalue weighted by atomic mass is 28.3. The van der Waals surface area contributed by atoms with E-state index < -0.39 is 8.07 Å². The maximum Gasteiger partial charge on any atom is 0.126 e. The Bertz CT molecular complexity index is 1170. The minimum atomic E-state index is -1.46. The highest BCUT2D eigenvalue weighted by Gasteiger charge is 2.24. The van der Waals surface area contributed by atoms with Crippen molar-refractivity contribution in [3.05, 3.63) is 65.5 Å². The SMILES string of the molecule is Cc1nc(-c2ccccc2)c2ccc3cc(C)c([Si](C)(C)C)c(C)c3c2n1. The van der Waals surface area contributed by atoms with Crippen LogP contribution in [0.3, 0.4) is 0 Å². The van der Waals surface area contributed by atoms with E-state index in [0.29, 0.717) is 0 Å². The van der Waals surface area contributed by atoms with Crippen molar-refractivity contribution in [2.45, 2.75) is 40.4 Å². The van der Waals surface area contributed by atoms with Gasteiger partial charge in [-0.25, -0.2) is 9.97 Å². The Labute approximate surface area is 162 Å². The van der Waals surface area contributed by atoms with Gasteiger partial charge >= 0.3 is 0 Å². The van der Waals surface area contributed by atoms with Crippen LogP contribution in [-0.4, -0.2) is 18.0 Å². The van der Waals surface area contributed by atoms with E-state index in [1.54, 1.807) is 5.19 Å². The summed E-state index contributed by atoms with van der Waals surface area (Å²) in [5, 5.41) is 5.25. The molecule has 4 rings (SSSR count). The van der Waals surface area contributed by atoms with Crippen molar-refractivity contribution in [3.63, 3.8) is 0 Å². The Morgan fingerprint density at radius 3 is 2.19 bits per heavy atom. The average Bonchev–Trinajstić information content (AvgIpc) is 2.59. The van der Waals surface area contributed by atoms with Crippen LogP contribution in [-0.2, 0) is 0 Å². The Kier molecular flexibility index (Phi) is 4.15. The molecule has 0 aliphatic rings. The van der Waals surface area contributed by atoms with Crippen molar-refractivity contribution in [1.29, 1.82) is 0 Å². The summed E-state index contributed by atoms with van der Waals surface area (Å²) in [4.78, 5) is 9.70. The third-order valence-electron chi connectivity index (χ3n) is 5.33. The molecule has 0 saturated carbocycles. The fourth-order valence-electron chi connectivity index (χ4n) is 4.53. The van der Waals surface area contributed by atoms with E-state index in [2.05, 4.69) is 76.0 Å². The highest BCUT2D eigenvalue weighted by Crippen LogP contribution is 2.33. The van der Waals surface area contributed by atoms with E-state index in [9.17, 15) is 0 Å². The molecular weight excluding hydrogens is 344 g/mol.